The lowest BCUT2D eigenvalue weighted by molar-refractivity contribution is -0.384. The Morgan fingerprint density at radius 1 is 1.00 bits per heavy atom. The van der Waals surface area contributed by atoms with Crippen molar-refractivity contribution in [3.63, 3.8) is 0 Å². The lowest BCUT2D eigenvalue weighted by Crippen LogP contribution is -2.30. The molecule has 1 aromatic heterocycles. The van der Waals surface area contributed by atoms with Crippen molar-refractivity contribution in [1.29, 1.82) is 0 Å². The molecule has 1 N–H and O–H groups in total. The fraction of sp³-hybridized carbons (Fsp3) is 0.240. The van der Waals surface area contributed by atoms with Crippen LogP contribution in [0.15, 0.2) is 54.6 Å². The zero-order valence-electron chi connectivity index (χ0n) is 19.1. The van der Waals surface area contributed by atoms with E-state index in [2.05, 4.69) is 15.5 Å². The quantitative estimate of drug-likeness (QED) is 0.291. The number of fused-ring (bicyclic) bond motifs is 1. The van der Waals surface area contributed by atoms with Crippen molar-refractivity contribution in [2.45, 2.75) is 26.2 Å². The number of benzene rings is 3. The van der Waals surface area contributed by atoms with Crippen LogP contribution in [-0.2, 0) is 0 Å². The van der Waals surface area contributed by atoms with E-state index in [0.29, 0.717) is 27.4 Å². The van der Waals surface area contributed by atoms with Crippen LogP contribution in [0, 0.1) is 17.0 Å². The molecule has 1 aliphatic heterocycles. The van der Waals surface area contributed by atoms with E-state index in [1.165, 1.54) is 10.9 Å². The molecule has 0 unspecified atom stereocenters. The number of amides is 1. The van der Waals surface area contributed by atoms with Gasteiger partial charge >= 0.3 is 0 Å². The molecule has 0 radical (unpaired) electrons. The Labute approximate surface area is 206 Å². The highest BCUT2D eigenvalue weighted by molar-refractivity contribution is 6.34. The molecule has 9 nitrogen and oxygen atoms in total. The van der Waals surface area contributed by atoms with E-state index in [1.807, 2.05) is 36.1 Å². The van der Waals surface area contributed by atoms with Gasteiger partial charge in [0.1, 0.15) is 16.7 Å². The maximum atomic E-state index is 13.0. The molecule has 35 heavy (non-hydrogen) atoms. The van der Waals surface area contributed by atoms with Crippen molar-refractivity contribution in [2.75, 3.05) is 23.3 Å². The summed E-state index contributed by atoms with van der Waals surface area (Å²) in [6, 6.07) is 15.6. The van der Waals surface area contributed by atoms with Crippen molar-refractivity contribution in [1.82, 2.24) is 15.0 Å². The zero-order valence-corrected chi connectivity index (χ0v) is 19.8. The number of aryl methyl sites for hydroxylation is 1. The van der Waals surface area contributed by atoms with Crippen LogP contribution in [0.5, 0.6) is 0 Å². The molecule has 10 heteroatoms. The second kappa shape index (κ2) is 9.34. The molecule has 178 valence electrons. The number of carbonyl (C=O) groups is 1. The number of hydrogen-bond acceptors (Lipinski definition) is 6. The van der Waals surface area contributed by atoms with Gasteiger partial charge in [0.25, 0.3) is 11.6 Å². The maximum absolute atomic E-state index is 13.0. The third kappa shape index (κ3) is 4.67. The summed E-state index contributed by atoms with van der Waals surface area (Å²) >= 11 is 6.41. The number of nitro groups is 1. The first kappa shape index (κ1) is 22.8. The number of halogens is 1. The fourth-order valence-corrected chi connectivity index (χ4v) is 4.44. The van der Waals surface area contributed by atoms with Gasteiger partial charge in [-0.25, -0.2) is 0 Å². The number of hydrogen-bond donors (Lipinski definition) is 1. The highest BCUT2D eigenvalue weighted by atomic mass is 35.5. The number of aromatic nitrogens is 3. The summed E-state index contributed by atoms with van der Waals surface area (Å²) in [6.07, 6.45) is 3.11. The Kier molecular flexibility index (Phi) is 6.08. The number of nitro benzene ring substituents is 1. The van der Waals surface area contributed by atoms with Crippen molar-refractivity contribution in [3.8, 4) is 5.69 Å². The molecule has 0 atom stereocenters. The number of anilines is 2. The minimum absolute atomic E-state index is 0.0814. The Morgan fingerprint density at radius 3 is 2.37 bits per heavy atom. The standard InChI is InChI=1S/C25H23ClN6O3/c1-16-5-8-18(9-6-16)31-28-21-14-19(26)20(15-22(21)29-31)27-25(33)17-7-10-23(24(13-17)32(34)35)30-11-3-2-4-12-30/h5-10,13-15H,2-4,11-12H2,1H3,(H,27,33). The molecule has 1 amide bonds. The van der Waals surface area contributed by atoms with Gasteiger partial charge in [-0.05, 0) is 62.6 Å². The van der Waals surface area contributed by atoms with Gasteiger partial charge in [0.05, 0.1) is 21.3 Å². The lowest BCUT2D eigenvalue weighted by Gasteiger charge is -2.28. The molecule has 1 saturated heterocycles. The summed E-state index contributed by atoms with van der Waals surface area (Å²) in [5, 5.41) is 23.8. The molecule has 1 aliphatic rings. The molecular weight excluding hydrogens is 468 g/mol. The molecule has 0 bridgehead atoms. The van der Waals surface area contributed by atoms with Crippen LogP contribution < -0.4 is 10.2 Å². The molecule has 0 aliphatic carbocycles. The summed E-state index contributed by atoms with van der Waals surface area (Å²) in [5.74, 6) is -0.495. The SMILES string of the molecule is Cc1ccc(-n2nc3cc(Cl)c(NC(=O)c4ccc(N5CCCCC5)c([N+](=O)[O-])c4)cc3n2)cc1. The average Bonchev–Trinajstić information content (AvgIpc) is 3.27. The molecule has 1 fully saturated rings. The predicted octanol–water partition coefficient (Wildman–Crippen LogP) is 5.53. The molecule has 0 spiro atoms. The van der Waals surface area contributed by atoms with Crippen LogP contribution in [0.3, 0.4) is 0 Å². The molecule has 3 aromatic carbocycles. The molecule has 0 saturated carbocycles. The summed E-state index contributed by atoms with van der Waals surface area (Å²) in [4.78, 5) is 27.8. The van der Waals surface area contributed by atoms with Crippen LogP contribution in [0.1, 0.15) is 35.2 Å². The topological polar surface area (TPSA) is 106 Å². The smallest absolute Gasteiger partial charge is 0.293 e. The van der Waals surface area contributed by atoms with Crippen molar-refractivity contribution in [2.24, 2.45) is 0 Å². The van der Waals surface area contributed by atoms with E-state index in [9.17, 15) is 14.9 Å². The van der Waals surface area contributed by atoms with Crippen LogP contribution >= 0.6 is 11.6 Å². The first-order chi connectivity index (χ1) is 16.9. The lowest BCUT2D eigenvalue weighted by atomic mass is 10.1. The number of piperidine rings is 1. The molecule has 5 rings (SSSR count). The molecule has 2 heterocycles. The van der Waals surface area contributed by atoms with E-state index in [1.54, 1.807) is 24.3 Å². The number of nitrogens with zero attached hydrogens (tertiary/aromatic N) is 5. The second-order valence-corrected chi connectivity index (χ2v) is 9.02. The van der Waals surface area contributed by atoms with Crippen molar-refractivity contribution >= 4 is 45.6 Å². The summed E-state index contributed by atoms with van der Waals surface area (Å²) < 4.78 is 0. The van der Waals surface area contributed by atoms with Gasteiger partial charge in [0, 0.05) is 24.7 Å². The number of rotatable bonds is 5. The Hall–Kier alpha value is -3.98. The second-order valence-electron chi connectivity index (χ2n) is 8.61. The summed E-state index contributed by atoms with van der Waals surface area (Å²) in [6.45, 7) is 3.54. The third-order valence-corrected chi connectivity index (χ3v) is 6.43. The zero-order chi connectivity index (χ0) is 24.5. The van der Waals surface area contributed by atoms with Gasteiger partial charge in [-0.2, -0.15) is 4.80 Å². The predicted molar refractivity (Wildman–Crippen MR) is 136 cm³/mol. The van der Waals surface area contributed by atoms with E-state index in [4.69, 9.17) is 11.6 Å². The van der Waals surface area contributed by atoms with Crippen LogP contribution in [0.2, 0.25) is 5.02 Å². The van der Waals surface area contributed by atoms with Gasteiger partial charge in [-0.3, -0.25) is 14.9 Å². The summed E-state index contributed by atoms with van der Waals surface area (Å²) in [5.41, 5.74) is 4.05. The molecule has 4 aromatic rings. The van der Waals surface area contributed by atoms with Gasteiger partial charge in [0.15, 0.2) is 0 Å². The molecular formula is C25H23ClN6O3. The normalized spacial score (nSPS) is 13.7. The number of nitrogens with one attached hydrogen (secondary N) is 1. The van der Waals surface area contributed by atoms with Crippen molar-refractivity contribution in [3.05, 3.63) is 80.9 Å². The Bertz CT molecular complexity index is 1430. The monoisotopic (exact) mass is 490 g/mol. The van der Waals surface area contributed by atoms with E-state index in [0.717, 1.165) is 43.6 Å². The fourth-order valence-electron chi connectivity index (χ4n) is 4.23. The Morgan fingerprint density at radius 2 is 1.69 bits per heavy atom. The highest BCUT2D eigenvalue weighted by Crippen LogP contribution is 2.32. The van der Waals surface area contributed by atoms with Crippen molar-refractivity contribution < 1.29 is 9.72 Å². The minimum atomic E-state index is -0.495. The summed E-state index contributed by atoms with van der Waals surface area (Å²) in [7, 11) is 0. The average molecular weight is 491 g/mol. The number of carbonyl (C=O) groups excluding carboxylic acids is 1. The van der Waals surface area contributed by atoms with E-state index >= 15 is 0 Å². The van der Waals surface area contributed by atoms with Gasteiger partial charge < -0.3 is 10.2 Å². The maximum Gasteiger partial charge on any atom is 0.293 e. The van der Waals surface area contributed by atoms with Gasteiger partial charge in [-0.15, -0.1) is 10.2 Å². The first-order valence-electron chi connectivity index (χ1n) is 11.4. The third-order valence-electron chi connectivity index (χ3n) is 6.11. The largest absolute Gasteiger partial charge is 0.366 e. The first-order valence-corrected chi connectivity index (χ1v) is 11.8. The van der Waals surface area contributed by atoms with Crippen LogP contribution in [0.4, 0.5) is 17.1 Å². The minimum Gasteiger partial charge on any atom is -0.366 e. The highest BCUT2D eigenvalue weighted by Gasteiger charge is 2.23. The van der Waals surface area contributed by atoms with Crippen LogP contribution in [0.25, 0.3) is 16.7 Å². The van der Waals surface area contributed by atoms with Gasteiger partial charge in [-0.1, -0.05) is 29.3 Å². The Balaban J connectivity index is 1.41. The van der Waals surface area contributed by atoms with Crippen LogP contribution in [-0.4, -0.2) is 38.9 Å². The van der Waals surface area contributed by atoms with Gasteiger partial charge in [0.2, 0.25) is 0 Å². The van der Waals surface area contributed by atoms with E-state index < -0.39 is 10.8 Å². The van der Waals surface area contributed by atoms with E-state index in [-0.39, 0.29) is 11.3 Å².